The van der Waals surface area contributed by atoms with Crippen LogP contribution in [0.4, 0.5) is 10.1 Å². The number of carbonyl (C=O) groups is 1. The van der Waals surface area contributed by atoms with Crippen LogP contribution < -0.4 is 5.73 Å². The van der Waals surface area contributed by atoms with Crippen molar-refractivity contribution in [2.75, 3.05) is 38.5 Å². The third-order valence-electron chi connectivity index (χ3n) is 3.26. The van der Waals surface area contributed by atoms with Crippen molar-refractivity contribution in [3.05, 3.63) is 29.6 Å². The van der Waals surface area contributed by atoms with Gasteiger partial charge in [0.15, 0.2) is 0 Å². The minimum atomic E-state index is -0.559. The first-order chi connectivity index (χ1) is 9.13. The number of hydrogen-bond acceptors (Lipinski definition) is 3. The quantitative estimate of drug-likeness (QED) is 0.633. The Morgan fingerprint density at radius 1 is 1.37 bits per heavy atom. The largest absolute Gasteiger partial charge is 0.396 e. The summed E-state index contributed by atoms with van der Waals surface area (Å²) in [5.74, 6) is 1.80. The Morgan fingerprint density at radius 2 is 2.05 bits per heavy atom. The van der Waals surface area contributed by atoms with E-state index in [1.807, 2.05) is 0 Å². The summed E-state index contributed by atoms with van der Waals surface area (Å²) in [5.41, 5.74) is 5.75. The second kappa shape index (κ2) is 5.72. The summed E-state index contributed by atoms with van der Waals surface area (Å²) in [6.07, 6.45) is 5.25. The maximum atomic E-state index is 13.3. The molecule has 5 heteroatoms. The van der Waals surface area contributed by atoms with E-state index in [9.17, 15) is 9.18 Å². The SMILES string of the molecule is C#CCN1CCN(C(=O)c2cccc(F)c2N)CC1. The molecule has 0 aliphatic carbocycles. The Hall–Kier alpha value is -2.06. The number of piperazine rings is 1. The molecule has 1 saturated heterocycles. The van der Waals surface area contributed by atoms with Gasteiger partial charge in [-0.3, -0.25) is 9.69 Å². The van der Waals surface area contributed by atoms with E-state index in [0.29, 0.717) is 19.6 Å². The molecule has 0 aromatic heterocycles. The minimum absolute atomic E-state index is 0.0847. The van der Waals surface area contributed by atoms with Crippen molar-refractivity contribution in [1.29, 1.82) is 0 Å². The molecule has 1 aliphatic rings. The molecular formula is C14H16FN3O. The normalized spacial score (nSPS) is 16.1. The Balaban J connectivity index is 2.06. The number of amides is 1. The lowest BCUT2D eigenvalue weighted by Crippen LogP contribution is -2.48. The lowest BCUT2D eigenvalue weighted by atomic mass is 10.1. The van der Waals surface area contributed by atoms with Gasteiger partial charge in [-0.1, -0.05) is 12.0 Å². The first kappa shape index (κ1) is 13.4. The second-order valence-corrected chi connectivity index (χ2v) is 4.47. The van der Waals surface area contributed by atoms with Gasteiger partial charge in [0.25, 0.3) is 5.91 Å². The third-order valence-corrected chi connectivity index (χ3v) is 3.26. The van der Waals surface area contributed by atoms with Crippen molar-refractivity contribution in [2.24, 2.45) is 0 Å². The van der Waals surface area contributed by atoms with Gasteiger partial charge in [0.05, 0.1) is 17.8 Å². The van der Waals surface area contributed by atoms with E-state index in [1.165, 1.54) is 12.1 Å². The molecule has 0 saturated carbocycles. The molecule has 1 amide bonds. The van der Waals surface area contributed by atoms with Crippen LogP contribution in [0.2, 0.25) is 0 Å². The Labute approximate surface area is 112 Å². The van der Waals surface area contributed by atoms with Crippen molar-refractivity contribution < 1.29 is 9.18 Å². The van der Waals surface area contributed by atoms with Gasteiger partial charge in [-0.15, -0.1) is 6.42 Å². The average molecular weight is 261 g/mol. The second-order valence-electron chi connectivity index (χ2n) is 4.47. The van der Waals surface area contributed by atoms with Crippen LogP contribution in [0.3, 0.4) is 0 Å². The molecular weight excluding hydrogens is 245 g/mol. The van der Waals surface area contributed by atoms with E-state index in [0.717, 1.165) is 13.1 Å². The molecule has 1 aromatic rings. The van der Waals surface area contributed by atoms with Gasteiger partial charge in [-0.2, -0.15) is 0 Å². The molecule has 1 heterocycles. The molecule has 0 unspecified atom stereocenters. The Kier molecular flexibility index (Phi) is 4.03. The van der Waals surface area contributed by atoms with Gasteiger partial charge in [0.2, 0.25) is 0 Å². The lowest BCUT2D eigenvalue weighted by molar-refractivity contribution is 0.0653. The van der Waals surface area contributed by atoms with E-state index in [1.54, 1.807) is 11.0 Å². The number of carbonyl (C=O) groups excluding carboxylic acids is 1. The molecule has 0 radical (unpaired) electrons. The predicted molar refractivity (Wildman–Crippen MR) is 72.0 cm³/mol. The highest BCUT2D eigenvalue weighted by Gasteiger charge is 2.23. The number of para-hydroxylation sites is 1. The Morgan fingerprint density at radius 3 is 2.68 bits per heavy atom. The van der Waals surface area contributed by atoms with Crippen molar-refractivity contribution in [3.8, 4) is 12.3 Å². The molecule has 100 valence electrons. The molecule has 1 fully saturated rings. The molecule has 4 nitrogen and oxygen atoms in total. The summed E-state index contributed by atoms with van der Waals surface area (Å²) in [4.78, 5) is 16.0. The standard InChI is InChI=1S/C14H16FN3O/c1-2-6-17-7-9-18(10-8-17)14(19)11-4-3-5-12(15)13(11)16/h1,3-5H,6-10,16H2. The topological polar surface area (TPSA) is 49.6 Å². The van der Waals surface area contributed by atoms with Crippen LogP contribution in [0.5, 0.6) is 0 Å². The van der Waals surface area contributed by atoms with Gasteiger partial charge in [0.1, 0.15) is 5.82 Å². The van der Waals surface area contributed by atoms with E-state index in [-0.39, 0.29) is 17.2 Å². The fourth-order valence-corrected chi connectivity index (χ4v) is 2.13. The van der Waals surface area contributed by atoms with Gasteiger partial charge in [0, 0.05) is 26.2 Å². The zero-order valence-electron chi connectivity index (χ0n) is 10.6. The van der Waals surface area contributed by atoms with Crippen molar-refractivity contribution in [1.82, 2.24) is 9.80 Å². The number of benzene rings is 1. The average Bonchev–Trinajstić information content (AvgIpc) is 2.42. The van der Waals surface area contributed by atoms with Gasteiger partial charge >= 0.3 is 0 Å². The molecule has 0 bridgehead atoms. The highest BCUT2D eigenvalue weighted by atomic mass is 19.1. The maximum absolute atomic E-state index is 13.3. The molecule has 19 heavy (non-hydrogen) atoms. The molecule has 2 rings (SSSR count). The van der Waals surface area contributed by atoms with Gasteiger partial charge < -0.3 is 10.6 Å². The summed E-state index contributed by atoms with van der Waals surface area (Å²) >= 11 is 0. The van der Waals surface area contributed by atoms with Crippen molar-refractivity contribution in [3.63, 3.8) is 0 Å². The van der Waals surface area contributed by atoms with Crippen LogP contribution in [-0.2, 0) is 0 Å². The molecule has 2 N–H and O–H groups in total. The number of rotatable bonds is 2. The number of nitrogen functional groups attached to an aromatic ring is 1. The summed E-state index contributed by atoms with van der Waals surface area (Å²) < 4.78 is 13.3. The first-order valence-electron chi connectivity index (χ1n) is 6.12. The summed E-state index contributed by atoms with van der Waals surface area (Å²) in [5, 5.41) is 0. The summed E-state index contributed by atoms with van der Waals surface area (Å²) in [6.45, 7) is 3.20. The van der Waals surface area contributed by atoms with Crippen LogP contribution >= 0.6 is 0 Å². The number of halogens is 1. The van der Waals surface area contributed by atoms with Gasteiger partial charge in [-0.05, 0) is 12.1 Å². The van der Waals surface area contributed by atoms with E-state index >= 15 is 0 Å². The van der Waals surface area contributed by atoms with E-state index < -0.39 is 5.82 Å². The van der Waals surface area contributed by atoms with Crippen molar-refractivity contribution in [2.45, 2.75) is 0 Å². The van der Waals surface area contributed by atoms with E-state index in [2.05, 4.69) is 10.8 Å². The zero-order chi connectivity index (χ0) is 13.8. The molecule has 1 aromatic carbocycles. The number of hydrogen-bond donors (Lipinski definition) is 1. The highest BCUT2D eigenvalue weighted by Crippen LogP contribution is 2.18. The minimum Gasteiger partial charge on any atom is -0.396 e. The monoisotopic (exact) mass is 261 g/mol. The van der Waals surface area contributed by atoms with Crippen LogP contribution in [0.1, 0.15) is 10.4 Å². The number of nitrogens with two attached hydrogens (primary N) is 1. The first-order valence-corrected chi connectivity index (χ1v) is 6.12. The number of nitrogens with zero attached hydrogens (tertiary/aromatic N) is 2. The number of terminal acetylenes is 1. The lowest BCUT2D eigenvalue weighted by Gasteiger charge is -2.33. The zero-order valence-corrected chi connectivity index (χ0v) is 10.6. The Bertz CT molecular complexity index is 516. The summed E-state index contributed by atoms with van der Waals surface area (Å²) in [7, 11) is 0. The fraction of sp³-hybridized carbons (Fsp3) is 0.357. The summed E-state index contributed by atoms with van der Waals surface area (Å²) in [6, 6.07) is 4.29. The smallest absolute Gasteiger partial charge is 0.256 e. The van der Waals surface area contributed by atoms with E-state index in [4.69, 9.17) is 12.2 Å². The molecule has 1 aliphatic heterocycles. The van der Waals surface area contributed by atoms with Crippen LogP contribution in [0.25, 0.3) is 0 Å². The van der Waals surface area contributed by atoms with Crippen LogP contribution in [0.15, 0.2) is 18.2 Å². The highest BCUT2D eigenvalue weighted by molar-refractivity contribution is 5.99. The molecule has 0 atom stereocenters. The predicted octanol–water partition coefficient (Wildman–Crippen LogP) is 0.799. The van der Waals surface area contributed by atoms with Crippen LogP contribution in [0, 0.1) is 18.2 Å². The maximum Gasteiger partial charge on any atom is 0.256 e. The van der Waals surface area contributed by atoms with Gasteiger partial charge in [-0.25, -0.2) is 4.39 Å². The number of anilines is 1. The van der Waals surface area contributed by atoms with Crippen LogP contribution in [-0.4, -0.2) is 48.4 Å². The fourth-order valence-electron chi connectivity index (χ4n) is 2.13. The molecule has 0 spiro atoms. The third kappa shape index (κ3) is 2.85. The van der Waals surface area contributed by atoms with Crippen molar-refractivity contribution >= 4 is 11.6 Å².